The molecule has 1 aliphatic heterocycles. The van der Waals surface area contributed by atoms with Crippen molar-refractivity contribution in [3.05, 3.63) is 37.3 Å². The summed E-state index contributed by atoms with van der Waals surface area (Å²) in [5, 5.41) is 8.96. The predicted molar refractivity (Wildman–Crippen MR) is 78.5 cm³/mol. The van der Waals surface area contributed by atoms with Crippen LogP contribution in [0, 0.1) is 0 Å². The number of hydrogen-bond acceptors (Lipinski definition) is 4. The lowest BCUT2D eigenvalue weighted by atomic mass is 10.2. The number of H-pyrrole nitrogens is 1. The number of carboxylic acids is 1. The first kappa shape index (κ1) is 13.4. The number of hydrogen-bond donors (Lipinski definition) is 2. The van der Waals surface area contributed by atoms with Crippen molar-refractivity contribution in [1.29, 1.82) is 0 Å². The summed E-state index contributed by atoms with van der Waals surface area (Å²) in [5.74, 6) is -0.537. The molecule has 8 heteroatoms. The van der Waals surface area contributed by atoms with Gasteiger partial charge in [0.15, 0.2) is 0 Å². The van der Waals surface area contributed by atoms with Crippen LogP contribution in [-0.2, 0) is 4.79 Å². The fourth-order valence-corrected chi connectivity index (χ4v) is 4.18. The molecule has 1 aliphatic rings. The van der Waals surface area contributed by atoms with Crippen LogP contribution >= 0.6 is 27.7 Å². The molecule has 0 bridgehead atoms. The Bertz CT molecular complexity index is 842. The van der Waals surface area contributed by atoms with E-state index >= 15 is 0 Å². The third-order valence-electron chi connectivity index (χ3n) is 3.15. The molecule has 0 amide bonds. The van der Waals surface area contributed by atoms with Crippen molar-refractivity contribution < 1.29 is 9.90 Å². The highest BCUT2D eigenvalue weighted by Gasteiger charge is 2.26. The van der Waals surface area contributed by atoms with Gasteiger partial charge < -0.3 is 10.1 Å². The topological polar surface area (TPSA) is 92.2 Å². The normalized spacial score (nSPS) is 17.4. The van der Waals surface area contributed by atoms with Crippen molar-refractivity contribution in [3.8, 4) is 0 Å². The Morgan fingerprint density at radius 2 is 2.25 bits per heavy atom. The standard InChI is InChI=1S/C12H9BrN2O4S/c13-5-1-7-10-8(2-5)20-4-6(3-9(16)17)15(10)12(19)11(18)14-7/h1-2,6H,3-4H2,(H,14,18)(H,16,17). The van der Waals surface area contributed by atoms with Crippen LogP contribution < -0.4 is 11.1 Å². The van der Waals surface area contributed by atoms with E-state index in [0.717, 1.165) is 9.37 Å². The average molecular weight is 357 g/mol. The molecule has 0 fully saturated rings. The van der Waals surface area contributed by atoms with E-state index in [1.54, 1.807) is 6.07 Å². The van der Waals surface area contributed by atoms with Crippen molar-refractivity contribution in [2.45, 2.75) is 17.4 Å². The van der Waals surface area contributed by atoms with Gasteiger partial charge in [0.1, 0.15) is 0 Å². The summed E-state index contributed by atoms with van der Waals surface area (Å²) in [5.41, 5.74) is -0.307. The van der Waals surface area contributed by atoms with Crippen LogP contribution in [0.5, 0.6) is 0 Å². The Hall–Kier alpha value is -1.54. The van der Waals surface area contributed by atoms with Crippen LogP contribution in [0.25, 0.3) is 11.0 Å². The summed E-state index contributed by atoms with van der Waals surface area (Å²) in [7, 11) is 0. The highest BCUT2D eigenvalue weighted by molar-refractivity contribution is 9.10. The highest BCUT2D eigenvalue weighted by Crippen LogP contribution is 2.37. The zero-order valence-corrected chi connectivity index (χ0v) is 12.5. The first-order valence-corrected chi connectivity index (χ1v) is 7.58. The van der Waals surface area contributed by atoms with Gasteiger partial charge in [0.2, 0.25) is 0 Å². The summed E-state index contributed by atoms with van der Waals surface area (Å²) >= 11 is 4.84. The van der Waals surface area contributed by atoms with Crippen LogP contribution in [0.2, 0.25) is 0 Å². The van der Waals surface area contributed by atoms with E-state index in [1.807, 2.05) is 6.07 Å². The van der Waals surface area contributed by atoms with Crippen molar-refractivity contribution >= 4 is 44.7 Å². The van der Waals surface area contributed by atoms with Crippen LogP contribution in [0.4, 0.5) is 0 Å². The molecule has 0 saturated carbocycles. The number of carboxylic acid groups (broad SMARTS) is 1. The lowest BCUT2D eigenvalue weighted by molar-refractivity contribution is -0.137. The lowest BCUT2D eigenvalue weighted by Gasteiger charge is -2.26. The number of aromatic amines is 1. The Kier molecular flexibility index (Phi) is 3.21. The molecule has 0 aliphatic carbocycles. The maximum atomic E-state index is 12.1. The molecule has 0 radical (unpaired) electrons. The molecule has 1 aromatic carbocycles. The Morgan fingerprint density at radius 1 is 1.50 bits per heavy atom. The molecule has 1 aromatic heterocycles. The second-order valence-corrected chi connectivity index (χ2v) is 6.47. The third kappa shape index (κ3) is 2.08. The number of carbonyl (C=O) groups is 1. The largest absolute Gasteiger partial charge is 0.481 e. The Balaban J connectivity index is 2.39. The zero-order valence-electron chi connectivity index (χ0n) is 10.1. The van der Waals surface area contributed by atoms with Crippen LogP contribution in [-0.4, -0.2) is 26.4 Å². The maximum Gasteiger partial charge on any atom is 0.317 e. The predicted octanol–water partition coefficient (Wildman–Crippen LogP) is 1.57. The van der Waals surface area contributed by atoms with Crippen molar-refractivity contribution in [2.24, 2.45) is 0 Å². The molecule has 6 nitrogen and oxygen atoms in total. The van der Waals surface area contributed by atoms with Gasteiger partial charge in [-0.2, -0.15) is 0 Å². The van der Waals surface area contributed by atoms with E-state index in [9.17, 15) is 14.4 Å². The number of aliphatic carboxylic acids is 1. The molecular weight excluding hydrogens is 348 g/mol. The number of nitrogens with one attached hydrogen (secondary N) is 1. The van der Waals surface area contributed by atoms with Crippen molar-refractivity contribution in [2.75, 3.05) is 5.75 Å². The fraction of sp³-hybridized carbons (Fsp3) is 0.250. The second-order valence-electron chi connectivity index (χ2n) is 4.49. The zero-order chi connectivity index (χ0) is 14.4. The number of aromatic nitrogens is 2. The molecule has 2 aromatic rings. The van der Waals surface area contributed by atoms with Crippen molar-refractivity contribution in [3.63, 3.8) is 0 Å². The van der Waals surface area contributed by atoms with Gasteiger partial charge in [-0.1, -0.05) is 15.9 Å². The number of rotatable bonds is 2. The second kappa shape index (κ2) is 4.78. The molecule has 2 N–H and O–H groups in total. The first-order chi connectivity index (χ1) is 9.47. The molecule has 20 heavy (non-hydrogen) atoms. The van der Waals surface area contributed by atoms with E-state index in [0.29, 0.717) is 16.8 Å². The summed E-state index contributed by atoms with van der Waals surface area (Å²) in [6.45, 7) is 0. The van der Waals surface area contributed by atoms with E-state index in [4.69, 9.17) is 5.11 Å². The molecular formula is C12H9BrN2O4S. The van der Waals surface area contributed by atoms with Gasteiger partial charge in [0, 0.05) is 15.1 Å². The first-order valence-electron chi connectivity index (χ1n) is 5.80. The molecule has 104 valence electrons. The summed E-state index contributed by atoms with van der Waals surface area (Å²) in [6.07, 6.45) is -0.180. The number of nitrogens with zero attached hydrogens (tertiary/aromatic N) is 1. The number of thioether (sulfide) groups is 1. The number of benzene rings is 1. The molecule has 3 rings (SSSR count). The SMILES string of the molecule is O=C(O)CC1CSc2cc(Br)cc3[nH]c(=O)c(=O)n1c23. The summed E-state index contributed by atoms with van der Waals surface area (Å²) in [6, 6.07) is 3.06. The van der Waals surface area contributed by atoms with Gasteiger partial charge in [-0.3, -0.25) is 19.0 Å². The molecule has 2 heterocycles. The van der Waals surface area contributed by atoms with E-state index in [2.05, 4.69) is 20.9 Å². The minimum absolute atomic E-state index is 0.180. The summed E-state index contributed by atoms with van der Waals surface area (Å²) < 4.78 is 2.12. The minimum Gasteiger partial charge on any atom is -0.481 e. The van der Waals surface area contributed by atoms with E-state index in [-0.39, 0.29) is 6.42 Å². The Morgan fingerprint density at radius 3 is 2.95 bits per heavy atom. The molecule has 0 saturated heterocycles. The molecule has 0 spiro atoms. The quantitative estimate of drug-likeness (QED) is 0.796. The van der Waals surface area contributed by atoms with E-state index < -0.39 is 23.1 Å². The fourth-order valence-electron chi connectivity index (χ4n) is 2.38. The van der Waals surface area contributed by atoms with Gasteiger partial charge in [-0.25, -0.2) is 0 Å². The highest BCUT2D eigenvalue weighted by atomic mass is 79.9. The lowest BCUT2D eigenvalue weighted by Crippen LogP contribution is -2.40. The average Bonchev–Trinajstić information content (AvgIpc) is 2.36. The smallest absolute Gasteiger partial charge is 0.317 e. The summed E-state index contributed by atoms with van der Waals surface area (Å²) in [4.78, 5) is 38.1. The van der Waals surface area contributed by atoms with Crippen LogP contribution in [0.3, 0.4) is 0 Å². The van der Waals surface area contributed by atoms with Gasteiger partial charge in [-0.15, -0.1) is 11.8 Å². The van der Waals surface area contributed by atoms with Gasteiger partial charge in [0.05, 0.1) is 23.5 Å². The van der Waals surface area contributed by atoms with E-state index in [1.165, 1.54) is 16.3 Å². The minimum atomic E-state index is -0.989. The molecule has 1 atom stereocenters. The third-order valence-corrected chi connectivity index (χ3v) is 4.78. The van der Waals surface area contributed by atoms with Crippen LogP contribution in [0.15, 0.2) is 31.1 Å². The maximum absolute atomic E-state index is 12.1. The number of halogens is 1. The Labute approximate surface area is 124 Å². The molecule has 1 unspecified atom stereocenters. The van der Waals surface area contributed by atoms with Gasteiger partial charge >= 0.3 is 17.1 Å². The van der Waals surface area contributed by atoms with Crippen molar-refractivity contribution in [1.82, 2.24) is 9.55 Å². The van der Waals surface area contributed by atoms with Gasteiger partial charge in [0.25, 0.3) is 0 Å². The monoisotopic (exact) mass is 356 g/mol. The van der Waals surface area contributed by atoms with Crippen LogP contribution in [0.1, 0.15) is 12.5 Å². The van der Waals surface area contributed by atoms with Gasteiger partial charge in [-0.05, 0) is 12.1 Å².